The molecule has 1 aliphatic heterocycles. The zero-order valence-corrected chi connectivity index (χ0v) is 10.5. The maximum atomic E-state index is 6.05. The van der Waals surface area contributed by atoms with Gasteiger partial charge in [-0.25, -0.2) is 0 Å². The second-order valence-electron chi connectivity index (χ2n) is 4.62. The van der Waals surface area contributed by atoms with E-state index in [0.29, 0.717) is 12.0 Å². The topological polar surface area (TPSA) is 29.3 Å². The van der Waals surface area contributed by atoms with Crippen molar-refractivity contribution in [2.24, 2.45) is 11.7 Å². The molecule has 0 aliphatic carbocycles. The Hall–Kier alpha value is -0.570. The second kappa shape index (κ2) is 5.17. The fourth-order valence-corrected chi connectivity index (χ4v) is 2.92. The van der Waals surface area contributed by atoms with Crippen LogP contribution in [0.4, 0.5) is 0 Å². The Balaban J connectivity index is 2.28. The Labute approximate surface area is 102 Å². The number of nitrogens with zero attached hydrogens (tertiary/aromatic N) is 1. The van der Waals surface area contributed by atoms with E-state index in [1.54, 1.807) is 0 Å². The van der Waals surface area contributed by atoms with Crippen molar-refractivity contribution in [1.82, 2.24) is 4.90 Å². The lowest BCUT2D eigenvalue weighted by molar-refractivity contribution is 0.125. The number of nitrogens with two attached hydrogens (primary N) is 1. The molecule has 2 nitrogen and oxygen atoms in total. The highest BCUT2D eigenvalue weighted by atomic mass is 35.5. The molecule has 3 heteroatoms. The highest BCUT2D eigenvalue weighted by Gasteiger charge is 2.29. The Bertz CT molecular complexity index is 354. The largest absolute Gasteiger partial charge is 0.330 e. The summed E-state index contributed by atoms with van der Waals surface area (Å²) in [6.07, 6.45) is 2.47. The second-order valence-corrected chi connectivity index (χ2v) is 5.05. The van der Waals surface area contributed by atoms with Gasteiger partial charge < -0.3 is 5.73 Å². The molecule has 2 N–H and O–H groups in total. The molecule has 1 heterocycles. The minimum absolute atomic E-state index is 0.428. The van der Waals surface area contributed by atoms with Gasteiger partial charge in [0.15, 0.2) is 0 Å². The van der Waals surface area contributed by atoms with Crippen molar-refractivity contribution in [3.05, 3.63) is 34.9 Å². The van der Waals surface area contributed by atoms with E-state index in [4.69, 9.17) is 17.3 Å². The van der Waals surface area contributed by atoms with Gasteiger partial charge in [-0.05, 0) is 56.6 Å². The standard InChI is InChI=1S/C13H19ClN2/c1-16-7-3-5-11(9-15)13(16)10-4-2-6-12(14)8-10/h2,4,6,8,11,13H,3,5,7,9,15H2,1H3/t11-,13-/m0/s1. The molecule has 1 saturated heterocycles. The van der Waals surface area contributed by atoms with E-state index in [9.17, 15) is 0 Å². The van der Waals surface area contributed by atoms with Crippen molar-refractivity contribution in [3.63, 3.8) is 0 Å². The van der Waals surface area contributed by atoms with E-state index in [-0.39, 0.29) is 0 Å². The van der Waals surface area contributed by atoms with Crippen LogP contribution in [0.5, 0.6) is 0 Å². The Morgan fingerprint density at radius 1 is 1.50 bits per heavy atom. The van der Waals surface area contributed by atoms with Crippen LogP contribution in [-0.4, -0.2) is 25.0 Å². The van der Waals surface area contributed by atoms with Crippen LogP contribution in [0.3, 0.4) is 0 Å². The zero-order valence-electron chi connectivity index (χ0n) is 9.70. The molecule has 1 aliphatic rings. The first-order chi connectivity index (χ1) is 7.72. The van der Waals surface area contributed by atoms with E-state index < -0.39 is 0 Å². The van der Waals surface area contributed by atoms with Gasteiger partial charge >= 0.3 is 0 Å². The van der Waals surface area contributed by atoms with Crippen molar-refractivity contribution in [2.75, 3.05) is 20.1 Å². The molecule has 0 aromatic heterocycles. The lowest BCUT2D eigenvalue weighted by Gasteiger charge is -2.39. The molecule has 88 valence electrons. The third kappa shape index (κ3) is 2.40. The van der Waals surface area contributed by atoms with E-state index in [1.807, 2.05) is 12.1 Å². The summed E-state index contributed by atoms with van der Waals surface area (Å²) in [5.41, 5.74) is 7.17. The number of rotatable bonds is 2. The summed E-state index contributed by atoms with van der Waals surface area (Å²) in [5, 5.41) is 0.812. The van der Waals surface area contributed by atoms with Crippen LogP contribution >= 0.6 is 11.6 Å². The molecule has 0 amide bonds. The summed E-state index contributed by atoms with van der Waals surface area (Å²) < 4.78 is 0. The number of likely N-dealkylation sites (tertiary alicyclic amines) is 1. The smallest absolute Gasteiger partial charge is 0.0409 e. The third-order valence-electron chi connectivity index (χ3n) is 3.50. The van der Waals surface area contributed by atoms with Crippen molar-refractivity contribution < 1.29 is 0 Å². The molecule has 1 aromatic rings. The summed E-state index contributed by atoms with van der Waals surface area (Å²) in [7, 11) is 2.17. The van der Waals surface area contributed by atoms with Crippen LogP contribution in [0.1, 0.15) is 24.4 Å². The summed E-state index contributed by atoms with van der Waals surface area (Å²) in [5.74, 6) is 0.553. The summed E-state index contributed by atoms with van der Waals surface area (Å²) in [6.45, 7) is 1.90. The van der Waals surface area contributed by atoms with Gasteiger partial charge in [-0.3, -0.25) is 4.90 Å². The highest BCUT2D eigenvalue weighted by Crippen LogP contribution is 2.35. The summed E-state index contributed by atoms with van der Waals surface area (Å²) in [6, 6.07) is 8.59. The first-order valence-corrected chi connectivity index (χ1v) is 6.26. The molecular weight excluding hydrogens is 220 g/mol. The fraction of sp³-hybridized carbons (Fsp3) is 0.538. The lowest BCUT2D eigenvalue weighted by Crippen LogP contribution is -2.39. The van der Waals surface area contributed by atoms with E-state index in [0.717, 1.165) is 18.1 Å². The molecule has 0 bridgehead atoms. The first-order valence-electron chi connectivity index (χ1n) is 5.88. The Morgan fingerprint density at radius 2 is 2.31 bits per heavy atom. The molecule has 0 unspecified atom stereocenters. The van der Waals surface area contributed by atoms with Gasteiger partial charge in [0.25, 0.3) is 0 Å². The van der Waals surface area contributed by atoms with Crippen molar-refractivity contribution >= 4 is 11.6 Å². The Kier molecular flexibility index (Phi) is 3.85. The minimum Gasteiger partial charge on any atom is -0.330 e. The number of piperidine rings is 1. The molecule has 0 spiro atoms. The number of benzene rings is 1. The molecule has 0 radical (unpaired) electrons. The summed E-state index contributed by atoms with van der Waals surface area (Å²) in [4.78, 5) is 2.40. The van der Waals surface area contributed by atoms with Crippen LogP contribution in [0, 0.1) is 5.92 Å². The maximum absolute atomic E-state index is 6.05. The van der Waals surface area contributed by atoms with Crippen LogP contribution in [0.15, 0.2) is 24.3 Å². The third-order valence-corrected chi connectivity index (χ3v) is 3.74. The van der Waals surface area contributed by atoms with E-state index in [2.05, 4.69) is 24.1 Å². The predicted molar refractivity (Wildman–Crippen MR) is 68.6 cm³/mol. The lowest BCUT2D eigenvalue weighted by atomic mass is 9.85. The van der Waals surface area contributed by atoms with Crippen LogP contribution in [-0.2, 0) is 0 Å². The van der Waals surface area contributed by atoms with Gasteiger partial charge in [-0.2, -0.15) is 0 Å². The Morgan fingerprint density at radius 3 is 3.00 bits per heavy atom. The highest BCUT2D eigenvalue weighted by molar-refractivity contribution is 6.30. The van der Waals surface area contributed by atoms with Crippen molar-refractivity contribution in [2.45, 2.75) is 18.9 Å². The molecule has 0 saturated carbocycles. The quantitative estimate of drug-likeness (QED) is 0.859. The van der Waals surface area contributed by atoms with Gasteiger partial charge in [-0.15, -0.1) is 0 Å². The molecular formula is C13H19ClN2. The molecule has 2 atom stereocenters. The SMILES string of the molecule is CN1CCC[C@@H](CN)[C@@H]1c1cccc(Cl)c1. The molecule has 16 heavy (non-hydrogen) atoms. The number of hydrogen-bond donors (Lipinski definition) is 1. The number of halogens is 1. The molecule has 1 aromatic carbocycles. The maximum Gasteiger partial charge on any atom is 0.0409 e. The van der Waals surface area contributed by atoms with Gasteiger partial charge in [0.2, 0.25) is 0 Å². The molecule has 1 fully saturated rings. The van der Waals surface area contributed by atoms with E-state index >= 15 is 0 Å². The zero-order chi connectivity index (χ0) is 11.5. The summed E-state index contributed by atoms with van der Waals surface area (Å²) >= 11 is 6.05. The minimum atomic E-state index is 0.428. The monoisotopic (exact) mass is 238 g/mol. The van der Waals surface area contributed by atoms with Crippen molar-refractivity contribution in [1.29, 1.82) is 0 Å². The first kappa shape index (κ1) is 11.9. The van der Waals surface area contributed by atoms with Gasteiger partial charge in [0.1, 0.15) is 0 Å². The fourth-order valence-electron chi connectivity index (χ4n) is 2.72. The van der Waals surface area contributed by atoms with E-state index in [1.165, 1.54) is 18.4 Å². The van der Waals surface area contributed by atoms with Gasteiger partial charge in [-0.1, -0.05) is 23.7 Å². The molecule has 2 rings (SSSR count). The number of hydrogen-bond acceptors (Lipinski definition) is 2. The average Bonchev–Trinajstić information content (AvgIpc) is 2.28. The predicted octanol–water partition coefficient (Wildman–Crippen LogP) is 2.68. The average molecular weight is 239 g/mol. The van der Waals surface area contributed by atoms with Crippen molar-refractivity contribution in [3.8, 4) is 0 Å². The van der Waals surface area contributed by atoms with Crippen LogP contribution in [0.25, 0.3) is 0 Å². The van der Waals surface area contributed by atoms with Crippen LogP contribution < -0.4 is 5.73 Å². The normalized spacial score (nSPS) is 26.9. The van der Waals surface area contributed by atoms with Crippen LogP contribution in [0.2, 0.25) is 5.02 Å². The van der Waals surface area contributed by atoms with Gasteiger partial charge in [0, 0.05) is 11.1 Å². The van der Waals surface area contributed by atoms with Gasteiger partial charge in [0.05, 0.1) is 0 Å².